The van der Waals surface area contributed by atoms with Crippen LogP contribution in [0.2, 0.25) is 0 Å². The summed E-state index contributed by atoms with van der Waals surface area (Å²) in [6, 6.07) is 19.9. The number of aryl methyl sites for hydroxylation is 1. The highest BCUT2D eigenvalue weighted by Crippen LogP contribution is 2.40. The van der Waals surface area contributed by atoms with Crippen LogP contribution in [0, 0.1) is 6.92 Å². The molecule has 7 heteroatoms. The molecule has 33 heavy (non-hydrogen) atoms. The van der Waals surface area contributed by atoms with E-state index in [-0.39, 0.29) is 12.1 Å². The standard InChI is InChI=1S/C26H23N5O2/c1-17-4-2-5-18(12-17)22-8-9-23-25(29-22)31(21-10-11-30(23)15-21)26(32)28-20-7-3-6-19(13-20)24-14-27-16-33-24/h2-9,12-14,16,21H,10-11,15H2,1H3,(H,28,32)/t21-/m1/s1. The minimum Gasteiger partial charge on any atom is -0.444 e. The second kappa shape index (κ2) is 7.78. The van der Waals surface area contributed by atoms with Crippen molar-refractivity contribution in [1.29, 1.82) is 0 Å². The van der Waals surface area contributed by atoms with Crippen molar-refractivity contribution in [2.45, 2.75) is 19.4 Å². The van der Waals surface area contributed by atoms with Crippen LogP contribution in [0.1, 0.15) is 12.0 Å². The Labute approximate surface area is 191 Å². The Bertz CT molecular complexity index is 1330. The van der Waals surface area contributed by atoms with Crippen LogP contribution in [-0.4, -0.2) is 35.1 Å². The molecular formula is C26H23N5O2. The minimum absolute atomic E-state index is 0.0928. The Morgan fingerprint density at radius 2 is 1.97 bits per heavy atom. The molecule has 2 bridgehead atoms. The molecule has 0 aliphatic carbocycles. The molecule has 2 aliphatic rings. The van der Waals surface area contributed by atoms with E-state index >= 15 is 0 Å². The molecule has 1 atom stereocenters. The summed E-state index contributed by atoms with van der Waals surface area (Å²) in [6.45, 7) is 3.82. The van der Waals surface area contributed by atoms with Crippen LogP contribution in [0.25, 0.3) is 22.6 Å². The maximum absolute atomic E-state index is 13.5. The predicted octanol–water partition coefficient (Wildman–Crippen LogP) is 5.34. The van der Waals surface area contributed by atoms with Gasteiger partial charge in [-0.2, -0.15) is 0 Å². The molecule has 0 spiro atoms. The number of carbonyl (C=O) groups excluding carboxylic acids is 1. The van der Waals surface area contributed by atoms with Crippen LogP contribution >= 0.6 is 0 Å². The molecule has 0 unspecified atom stereocenters. The highest BCUT2D eigenvalue weighted by atomic mass is 16.3. The molecule has 0 saturated carbocycles. The van der Waals surface area contributed by atoms with E-state index in [1.807, 2.05) is 41.3 Å². The number of anilines is 3. The van der Waals surface area contributed by atoms with Gasteiger partial charge in [-0.25, -0.2) is 14.8 Å². The lowest BCUT2D eigenvalue weighted by Gasteiger charge is -2.36. The summed E-state index contributed by atoms with van der Waals surface area (Å²) in [5.74, 6) is 1.37. The van der Waals surface area contributed by atoms with Gasteiger partial charge in [0.15, 0.2) is 18.0 Å². The van der Waals surface area contributed by atoms with Crippen LogP contribution in [0.3, 0.4) is 0 Å². The van der Waals surface area contributed by atoms with Crippen molar-refractivity contribution in [3.8, 4) is 22.6 Å². The first-order valence-electron chi connectivity index (χ1n) is 11.1. The molecule has 1 saturated heterocycles. The Morgan fingerprint density at radius 3 is 2.82 bits per heavy atom. The van der Waals surface area contributed by atoms with Crippen molar-refractivity contribution < 1.29 is 9.21 Å². The van der Waals surface area contributed by atoms with Gasteiger partial charge in [0.2, 0.25) is 0 Å². The Morgan fingerprint density at radius 1 is 1.09 bits per heavy atom. The Balaban J connectivity index is 1.34. The van der Waals surface area contributed by atoms with E-state index in [2.05, 4.69) is 46.4 Å². The molecule has 164 valence electrons. The lowest BCUT2D eigenvalue weighted by Crippen LogP contribution is -2.48. The number of nitrogens with zero attached hydrogens (tertiary/aromatic N) is 4. The maximum Gasteiger partial charge on any atom is 0.327 e. The van der Waals surface area contributed by atoms with E-state index < -0.39 is 0 Å². The molecular weight excluding hydrogens is 414 g/mol. The van der Waals surface area contributed by atoms with Gasteiger partial charge in [-0.05, 0) is 43.7 Å². The summed E-state index contributed by atoms with van der Waals surface area (Å²) in [4.78, 5) is 26.6. The van der Waals surface area contributed by atoms with Crippen LogP contribution in [0.4, 0.5) is 22.0 Å². The maximum atomic E-state index is 13.5. The molecule has 2 aliphatic heterocycles. The number of nitrogens with one attached hydrogen (secondary N) is 1. The van der Waals surface area contributed by atoms with Crippen molar-refractivity contribution in [2.75, 3.05) is 28.2 Å². The van der Waals surface area contributed by atoms with E-state index in [0.717, 1.165) is 42.0 Å². The lowest BCUT2D eigenvalue weighted by atomic mass is 10.1. The molecule has 1 N–H and O–H groups in total. The van der Waals surface area contributed by atoms with Gasteiger partial charge in [0, 0.05) is 29.9 Å². The number of fused-ring (bicyclic) bond motifs is 4. The van der Waals surface area contributed by atoms with Crippen molar-refractivity contribution >= 4 is 23.2 Å². The van der Waals surface area contributed by atoms with Crippen LogP contribution in [0.5, 0.6) is 0 Å². The van der Waals surface area contributed by atoms with Gasteiger partial charge in [0.1, 0.15) is 0 Å². The first kappa shape index (κ1) is 19.5. The van der Waals surface area contributed by atoms with E-state index in [9.17, 15) is 4.79 Å². The molecule has 2 aromatic heterocycles. The van der Waals surface area contributed by atoms with Gasteiger partial charge < -0.3 is 14.6 Å². The number of hydrogen-bond donors (Lipinski definition) is 1. The van der Waals surface area contributed by atoms with E-state index in [0.29, 0.717) is 17.3 Å². The van der Waals surface area contributed by atoms with Crippen molar-refractivity contribution in [3.63, 3.8) is 0 Å². The first-order valence-corrected chi connectivity index (χ1v) is 11.1. The van der Waals surface area contributed by atoms with Gasteiger partial charge in [0.25, 0.3) is 0 Å². The number of rotatable bonds is 3. The zero-order chi connectivity index (χ0) is 22.4. The average Bonchev–Trinajstić information content (AvgIpc) is 3.51. The van der Waals surface area contributed by atoms with Crippen molar-refractivity contribution in [3.05, 3.63) is 78.8 Å². The number of hydrogen-bond acceptors (Lipinski definition) is 5. The van der Waals surface area contributed by atoms with E-state index in [4.69, 9.17) is 9.40 Å². The van der Waals surface area contributed by atoms with Gasteiger partial charge >= 0.3 is 6.03 Å². The van der Waals surface area contributed by atoms with E-state index in [1.54, 1.807) is 6.20 Å². The minimum atomic E-state index is -0.175. The SMILES string of the molecule is Cc1cccc(-c2ccc3c(n2)N(C(=O)Nc2cccc(-c4cnco4)c2)[C@@H]2CCN3C2)c1. The van der Waals surface area contributed by atoms with Crippen LogP contribution < -0.4 is 15.1 Å². The average molecular weight is 438 g/mol. The highest BCUT2D eigenvalue weighted by molar-refractivity contribution is 6.05. The molecule has 6 rings (SSSR count). The number of oxazole rings is 1. The van der Waals surface area contributed by atoms with Crippen LogP contribution in [0.15, 0.2) is 77.7 Å². The Hall–Kier alpha value is -4.13. The van der Waals surface area contributed by atoms with Gasteiger partial charge in [-0.15, -0.1) is 0 Å². The monoisotopic (exact) mass is 437 g/mol. The van der Waals surface area contributed by atoms with E-state index in [1.165, 1.54) is 12.0 Å². The number of carbonyl (C=O) groups is 1. The number of benzene rings is 2. The third-order valence-electron chi connectivity index (χ3n) is 6.32. The molecule has 1 fully saturated rings. The van der Waals surface area contributed by atoms with Gasteiger partial charge in [0.05, 0.1) is 23.6 Å². The second-order valence-electron chi connectivity index (χ2n) is 8.54. The third kappa shape index (κ3) is 3.51. The van der Waals surface area contributed by atoms with Crippen LogP contribution in [-0.2, 0) is 0 Å². The molecule has 0 radical (unpaired) electrons. The predicted molar refractivity (Wildman–Crippen MR) is 128 cm³/mol. The quantitative estimate of drug-likeness (QED) is 0.468. The molecule has 4 heterocycles. The number of pyridine rings is 1. The number of urea groups is 1. The fourth-order valence-electron chi connectivity index (χ4n) is 4.73. The summed E-state index contributed by atoms with van der Waals surface area (Å²) in [5, 5.41) is 3.07. The number of amides is 2. The Kier molecular flexibility index (Phi) is 4.61. The summed E-state index contributed by atoms with van der Waals surface area (Å²) in [5.41, 5.74) is 5.65. The summed E-state index contributed by atoms with van der Waals surface area (Å²) in [7, 11) is 0. The van der Waals surface area contributed by atoms with Gasteiger partial charge in [-0.3, -0.25) is 4.90 Å². The molecule has 4 aromatic rings. The fraction of sp³-hybridized carbons (Fsp3) is 0.192. The number of aromatic nitrogens is 2. The molecule has 2 aromatic carbocycles. The third-order valence-corrected chi connectivity index (χ3v) is 6.32. The smallest absolute Gasteiger partial charge is 0.327 e. The highest BCUT2D eigenvalue weighted by Gasteiger charge is 2.40. The molecule has 2 amide bonds. The lowest BCUT2D eigenvalue weighted by molar-refractivity contribution is 0.255. The van der Waals surface area contributed by atoms with Crippen molar-refractivity contribution in [1.82, 2.24) is 9.97 Å². The largest absolute Gasteiger partial charge is 0.444 e. The molecule has 7 nitrogen and oxygen atoms in total. The summed E-state index contributed by atoms with van der Waals surface area (Å²) >= 11 is 0. The summed E-state index contributed by atoms with van der Waals surface area (Å²) < 4.78 is 5.40. The topological polar surface area (TPSA) is 74.5 Å². The normalized spacial score (nSPS) is 16.6. The fourth-order valence-corrected chi connectivity index (χ4v) is 4.73. The zero-order valence-electron chi connectivity index (χ0n) is 18.2. The second-order valence-corrected chi connectivity index (χ2v) is 8.54. The van der Waals surface area contributed by atoms with Gasteiger partial charge in [-0.1, -0.05) is 35.9 Å². The van der Waals surface area contributed by atoms with Crippen molar-refractivity contribution in [2.24, 2.45) is 0 Å². The first-order chi connectivity index (χ1) is 16.2. The summed E-state index contributed by atoms with van der Waals surface area (Å²) in [6.07, 6.45) is 3.97. The zero-order valence-corrected chi connectivity index (χ0v) is 18.2.